The van der Waals surface area contributed by atoms with Crippen molar-refractivity contribution in [2.24, 2.45) is 0 Å². The van der Waals surface area contributed by atoms with Crippen molar-refractivity contribution in [3.05, 3.63) is 34.7 Å². The number of nitrogens with zero attached hydrogens (tertiary/aromatic N) is 2. The quantitative estimate of drug-likeness (QED) is 0.929. The van der Waals surface area contributed by atoms with Crippen LogP contribution in [0.15, 0.2) is 27.7 Å². The first-order valence-corrected chi connectivity index (χ1v) is 6.19. The lowest BCUT2D eigenvalue weighted by Gasteiger charge is -1.95. The van der Waals surface area contributed by atoms with Crippen LogP contribution in [0, 0.1) is 12.7 Å². The van der Waals surface area contributed by atoms with Crippen LogP contribution in [0.1, 0.15) is 15.4 Å². The lowest BCUT2D eigenvalue weighted by molar-refractivity contribution is 0.0701. The van der Waals surface area contributed by atoms with E-state index in [0.29, 0.717) is 15.1 Å². The Kier molecular flexibility index (Phi) is 3.39. The predicted molar refractivity (Wildman–Crippen MR) is 62.1 cm³/mol. The minimum atomic E-state index is -0.987. The second-order valence-electron chi connectivity index (χ2n) is 3.12. The molecule has 88 valence electrons. The Balaban J connectivity index is 2.22. The number of aromatic nitrogens is 2. The largest absolute Gasteiger partial charge is 0.477 e. The number of hydrogen-bond donors (Lipinski definition) is 1. The molecule has 0 aliphatic rings. The van der Waals surface area contributed by atoms with Gasteiger partial charge in [-0.15, -0.1) is 0 Å². The van der Waals surface area contributed by atoms with Gasteiger partial charge in [0.2, 0.25) is 0 Å². The number of aromatic carboxylic acids is 1. The number of pyridine rings is 1. The van der Waals surface area contributed by atoms with Gasteiger partial charge in [0.25, 0.3) is 0 Å². The van der Waals surface area contributed by atoms with Crippen LogP contribution < -0.4 is 0 Å². The molecule has 1 N–H and O–H groups in total. The van der Waals surface area contributed by atoms with Gasteiger partial charge < -0.3 is 5.11 Å². The zero-order chi connectivity index (χ0) is 12.4. The summed E-state index contributed by atoms with van der Waals surface area (Å²) in [5, 5.41) is 9.46. The van der Waals surface area contributed by atoms with E-state index < -0.39 is 11.8 Å². The Morgan fingerprint density at radius 1 is 1.53 bits per heavy atom. The Labute approximate surface area is 105 Å². The van der Waals surface area contributed by atoms with Gasteiger partial charge in [-0.25, -0.2) is 19.2 Å². The highest BCUT2D eigenvalue weighted by molar-refractivity contribution is 8.01. The number of aryl methyl sites for hydroxylation is 1. The average molecular weight is 270 g/mol. The fourth-order valence-corrected chi connectivity index (χ4v) is 3.04. The van der Waals surface area contributed by atoms with E-state index in [-0.39, 0.29) is 4.88 Å². The third-order valence-electron chi connectivity index (χ3n) is 1.86. The number of rotatable bonds is 3. The highest BCUT2D eigenvalue weighted by atomic mass is 32.2. The summed E-state index contributed by atoms with van der Waals surface area (Å²) in [6.07, 6.45) is 1.11. The predicted octanol–water partition coefficient (Wildman–Crippen LogP) is 2.84. The topological polar surface area (TPSA) is 63.1 Å². The summed E-state index contributed by atoms with van der Waals surface area (Å²) >= 11 is 2.30. The van der Waals surface area contributed by atoms with Crippen LogP contribution in [0.25, 0.3) is 0 Å². The summed E-state index contributed by atoms with van der Waals surface area (Å²) < 4.78 is 13.2. The van der Waals surface area contributed by atoms with E-state index in [2.05, 4.69) is 9.97 Å². The molecule has 0 aromatic carbocycles. The van der Waals surface area contributed by atoms with Crippen LogP contribution in [-0.2, 0) is 0 Å². The maximum absolute atomic E-state index is 12.6. The van der Waals surface area contributed by atoms with Crippen LogP contribution >= 0.6 is 23.1 Å². The molecule has 0 amide bonds. The van der Waals surface area contributed by atoms with Crippen molar-refractivity contribution >= 4 is 29.1 Å². The maximum Gasteiger partial charge on any atom is 0.347 e. The SMILES string of the molecule is Cc1nc(Sc2ccc(F)cn2)sc1C(=O)O. The van der Waals surface area contributed by atoms with Crippen molar-refractivity contribution in [2.45, 2.75) is 16.3 Å². The molecule has 2 heterocycles. The molecule has 0 radical (unpaired) electrons. The number of halogens is 1. The van der Waals surface area contributed by atoms with E-state index in [1.54, 1.807) is 6.92 Å². The number of carbonyl (C=O) groups is 1. The van der Waals surface area contributed by atoms with Gasteiger partial charge in [-0.2, -0.15) is 0 Å². The maximum atomic E-state index is 12.6. The Morgan fingerprint density at radius 3 is 2.82 bits per heavy atom. The molecule has 0 aliphatic heterocycles. The van der Waals surface area contributed by atoms with Crippen LogP contribution in [0.2, 0.25) is 0 Å². The molecular formula is C10H7FN2O2S2. The molecule has 0 spiro atoms. The molecule has 2 aromatic heterocycles. The second-order valence-corrected chi connectivity index (χ2v) is 5.38. The van der Waals surface area contributed by atoms with E-state index in [1.807, 2.05) is 0 Å². The Bertz CT molecular complexity index is 554. The number of thiazole rings is 1. The van der Waals surface area contributed by atoms with Crippen LogP contribution in [0.4, 0.5) is 4.39 Å². The van der Waals surface area contributed by atoms with Gasteiger partial charge in [-0.05, 0) is 30.8 Å². The van der Waals surface area contributed by atoms with Gasteiger partial charge in [-0.3, -0.25) is 0 Å². The highest BCUT2D eigenvalue weighted by Crippen LogP contribution is 2.31. The minimum absolute atomic E-state index is 0.217. The normalized spacial score (nSPS) is 10.5. The molecule has 0 saturated heterocycles. The lowest BCUT2D eigenvalue weighted by atomic mass is 10.4. The fraction of sp³-hybridized carbons (Fsp3) is 0.100. The van der Waals surface area contributed by atoms with Gasteiger partial charge in [0.05, 0.1) is 11.9 Å². The van der Waals surface area contributed by atoms with Gasteiger partial charge in [-0.1, -0.05) is 11.3 Å². The first-order chi connectivity index (χ1) is 8.06. The van der Waals surface area contributed by atoms with Gasteiger partial charge in [0.15, 0.2) is 4.34 Å². The summed E-state index contributed by atoms with van der Waals surface area (Å²) in [4.78, 5) is 19.0. The zero-order valence-electron chi connectivity index (χ0n) is 8.68. The number of carboxylic acid groups (broad SMARTS) is 1. The smallest absolute Gasteiger partial charge is 0.347 e. The third-order valence-corrected chi connectivity index (χ3v) is 4.02. The number of carboxylic acids is 1. The fourth-order valence-electron chi connectivity index (χ4n) is 1.13. The summed E-state index contributed by atoms with van der Waals surface area (Å²) in [6.45, 7) is 1.64. The van der Waals surface area contributed by atoms with Crippen LogP contribution in [-0.4, -0.2) is 21.0 Å². The highest BCUT2D eigenvalue weighted by Gasteiger charge is 2.14. The summed E-state index contributed by atoms with van der Waals surface area (Å²) in [5.74, 6) is -1.39. The summed E-state index contributed by atoms with van der Waals surface area (Å²) in [5.41, 5.74) is 0.479. The average Bonchev–Trinajstić information content (AvgIpc) is 2.63. The van der Waals surface area contributed by atoms with E-state index in [4.69, 9.17) is 5.11 Å². The summed E-state index contributed by atoms with van der Waals surface area (Å²) in [7, 11) is 0. The second kappa shape index (κ2) is 4.80. The van der Waals surface area contributed by atoms with Crippen molar-refractivity contribution in [1.82, 2.24) is 9.97 Å². The number of hydrogen-bond acceptors (Lipinski definition) is 5. The molecule has 0 unspecified atom stereocenters. The van der Waals surface area contributed by atoms with E-state index in [1.165, 1.54) is 23.9 Å². The molecule has 7 heteroatoms. The molecule has 4 nitrogen and oxygen atoms in total. The lowest BCUT2D eigenvalue weighted by Crippen LogP contribution is -1.94. The molecule has 17 heavy (non-hydrogen) atoms. The molecule has 0 atom stereocenters. The Morgan fingerprint density at radius 2 is 2.29 bits per heavy atom. The van der Waals surface area contributed by atoms with E-state index in [0.717, 1.165) is 17.5 Å². The van der Waals surface area contributed by atoms with Crippen LogP contribution in [0.3, 0.4) is 0 Å². The van der Waals surface area contributed by atoms with E-state index >= 15 is 0 Å². The molecular weight excluding hydrogens is 263 g/mol. The minimum Gasteiger partial charge on any atom is -0.477 e. The van der Waals surface area contributed by atoms with Crippen LogP contribution in [0.5, 0.6) is 0 Å². The summed E-state index contributed by atoms with van der Waals surface area (Å²) in [6, 6.07) is 2.82. The van der Waals surface area contributed by atoms with Crippen molar-refractivity contribution in [1.29, 1.82) is 0 Å². The van der Waals surface area contributed by atoms with Gasteiger partial charge >= 0.3 is 5.97 Å². The zero-order valence-corrected chi connectivity index (χ0v) is 10.3. The standard InChI is InChI=1S/C10H7FN2O2S2/c1-5-8(9(14)15)17-10(13-5)16-7-3-2-6(11)4-12-7/h2-4H,1H3,(H,14,15). The van der Waals surface area contributed by atoms with Crippen molar-refractivity contribution in [3.63, 3.8) is 0 Å². The van der Waals surface area contributed by atoms with Gasteiger partial charge in [0, 0.05) is 0 Å². The Hall–Kier alpha value is -1.47. The molecule has 0 saturated carbocycles. The third kappa shape index (κ3) is 2.80. The van der Waals surface area contributed by atoms with Crippen molar-refractivity contribution in [2.75, 3.05) is 0 Å². The molecule has 0 aliphatic carbocycles. The molecule has 0 fully saturated rings. The van der Waals surface area contributed by atoms with E-state index in [9.17, 15) is 9.18 Å². The molecule has 2 aromatic rings. The van der Waals surface area contributed by atoms with Crippen molar-refractivity contribution < 1.29 is 14.3 Å². The first-order valence-electron chi connectivity index (χ1n) is 4.56. The first kappa shape index (κ1) is 12.0. The monoisotopic (exact) mass is 270 g/mol. The van der Waals surface area contributed by atoms with Gasteiger partial charge in [0.1, 0.15) is 15.7 Å². The molecule has 0 bridgehead atoms. The van der Waals surface area contributed by atoms with Crippen molar-refractivity contribution in [3.8, 4) is 0 Å². The molecule has 2 rings (SSSR count).